The zero-order valence-corrected chi connectivity index (χ0v) is 24.2. The van der Waals surface area contributed by atoms with Crippen LogP contribution in [0.5, 0.6) is 17.4 Å². The Morgan fingerprint density at radius 3 is 2.45 bits per heavy atom. The maximum absolute atomic E-state index is 12.9. The number of aromatic nitrogens is 2. The lowest BCUT2D eigenvalue weighted by Crippen LogP contribution is -2.27. The SMILES string of the molecule is CCOP(C)(=O)c1ccc(Nc2nccc(Oc3ccc(NC(=O)OC(C)(C)C)c4ccccc34)n2)cc1OC. The first-order valence-corrected chi connectivity index (χ1v) is 14.8. The zero-order chi connectivity index (χ0) is 28.9. The van der Waals surface area contributed by atoms with Crippen LogP contribution < -0.4 is 25.4 Å². The lowest BCUT2D eigenvalue weighted by atomic mass is 10.1. The number of ether oxygens (including phenoxy) is 3. The van der Waals surface area contributed by atoms with Crippen LogP contribution >= 0.6 is 7.37 Å². The van der Waals surface area contributed by atoms with Crippen LogP contribution in [-0.2, 0) is 13.8 Å². The molecule has 1 heterocycles. The van der Waals surface area contributed by atoms with Crippen LogP contribution in [-0.4, -0.2) is 42.0 Å². The molecule has 1 aromatic heterocycles. The number of methoxy groups -OCH3 is 1. The Morgan fingerprint density at radius 1 is 1.00 bits per heavy atom. The van der Waals surface area contributed by atoms with E-state index < -0.39 is 19.1 Å². The van der Waals surface area contributed by atoms with Crippen LogP contribution in [0.4, 0.5) is 22.1 Å². The summed E-state index contributed by atoms with van der Waals surface area (Å²) in [5.74, 6) is 1.59. The second-order valence-corrected chi connectivity index (χ2v) is 12.3. The number of hydrogen-bond donors (Lipinski definition) is 2. The van der Waals surface area contributed by atoms with Gasteiger partial charge in [0.15, 0.2) is 0 Å². The van der Waals surface area contributed by atoms with E-state index in [1.807, 2.05) is 45.0 Å². The average Bonchev–Trinajstić information content (AvgIpc) is 2.89. The van der Waals surface area contributed by atoms with Gasteiger partial charge < -0.3 is 24.1 Å². The van der Waals surface area contributed by atoms with Gasteiger partial charge in [0.05, 0.1) is 24.7 Å². The number of benzene rings is 3. The van der Waals surface area contributed by atoms with Gasteiger partial charge in [0, 0.05) is 41.5 Å². The largest absolute Gasteiger partial charge is 0.496 e. The smallest absolute Gasteiger partial charge is 0.412 e. The molecule has 11 heteroatoms. The molecule has 0 aliphatic heterocycles. The Balaban J connectivity index is 1.56. The van der Waals surface area contributed by atoms with Crippen molar-refractivity contribution in [1.82, 2.24) is 9.97 Å². The van der Waals surface area contributed by atoms with Gasteiger partial charge in [-0.3, -0.25) is 9.88 Å². The van der Waals surface area contributed by atoms with Crippen molar-refractivity contribution in [3.05, 3.63) is 66.9 Å². The first-order valence-electron chi connectivity index (χ1n) is 12.7. The van der Waals surface area contributed by atoms with Gasteiger partial charge in [0.2, 0.25) is 19.2 Å². The minimum atomic E-state index is -3.02. The van der Waals surface area contributed by atoms with E-state index in [-0.39, 0.29) is 0 Å². The molecule has 40 heavy (non-hydrogen) atoms. The molecule has 2 N–H and O–H groups in total. The summed E-state index contributed by atoms with van der Waals surface area (Å²) in [6.07, 6.45) is 1.04. The number of nitrogens with one attached hydrogen (secondary N) is 2. The third-order valence-corrected chi connectivity index (χ3v) is 7.61. The van der Waals surface area contributed by atoms with E-state index in [9.17, 15) is 9.36 Å². The number of anilines is 3. The molecule has 1 unspecified atom stereocenters. The summed E-state index contributed by atoms with van der Waals surface area (Å²) in [4.78, 5) is 21.1. The molecule has 0 bridgehead atoms. The number of rotatable bonds is 9. The molecule has 0 fully saturated rings. The monoisotopic (exact) mass is 564 g/mol. The van der Waals surface area contributed by atoms with Crippen molar-refractivity contribution in [1.29, 1.82) is 0 Å². The fraction of sp³-hybridized carbons (Fsp3) is 0.276. The normalized spacial score (nSPS) is 12.8. The standard InChI is InChI=1S/C29H33N4O6P/c1-7-37-40(6,35)25-15-12-19(18-24(25)36-5)31-27-30-17-16-26(33-27)38-23-14-13-22(20-10-8-9-11-21(20)23)32-28(34)39-29(2,3)4/h8-18H,7H2,1-6H3,(H,32,34)(H,30,31,33). The van der Waals surface area contributed by atoms with E-state index in [4.69, 9.17) is 18.7 Å². The fourth-order valence-electron chi connectivity index (χ4n) is 3.99. The molecule has 1 atom stereocenters. The van der Waals surface area contributed by atoms with Crippen molar-refractivity contribution in [3.63, 3.8) is 0 Å². The van der Waals surface area contributed by atoms with Crippen molar-refractivity contribution in [3.8, 4) is 17.4 Å². The fourth-order valence-corrected chi connectivity index (χ4v) is 5.52. The molecule has 0 saturated carbocycles. The van der Waals surface area contributed by atoms with Gasteiger partial charge in [-0.2, -0.15) is 4.98 Å². The minimum absolute atomic E-state index is 0.296. The van der Waals surface area contributed by atoms with Crippen LogP contribution in [0.2, 0.25) is 0 Å². The highest BCUT2D eigenvalue weighted by Gasteiger charge is 2.24. The highest BCUT2D eigenvalue weighted by molar-refractivity contribution is 7.66. The molecule has 4 aromatic rings. The van der Waals surface area contributed by atoms with E-state index in [2.05, 4.69) is 20.6 Å². The highest BCUT2D eigenvalue weighted by atomic mass is 31.2. The molecule has 1 amide bonds. The number of carbonyl (C=O) groups excluding carboxylic acids is 1. The number of carbonyl (C=O) groups is 1. The second kappa shape index (κ2) is 11.9. The maximum atomic E-state index is 12.9. The first kappa shape index (κ1) is 28.9. The zero-order valence-electron chi connectivity index (χ0n) is 23.3. The summed E-state index contributed by atoms with van der Waals surface area (Å²) in [6, 6.07) is 17.9. The van der Waals surface area contributed by atoms with Crippen LogP contribution in [0, 0.1) is 0 Å². The Hall–Kier alpha value is -4.14. The van der Waals surface area contributed by atoms with E-state index in [1.54, 1.807) is 56.2 Å². The summed E-state index contributed by atoms with van der Waals surface area (Å²) in [6.45, 7) is 9.12. The van der Waals surface area contributed by atoms with E-state index in [1.165, 1.54) is 7.11 Å². The molecule has 0 aliphatic rings. The third kappa shape index (κ3) is 7.08. The van der Waals surface area contributed by atoms with E-state index in [0.717, 1.165) is 10.8 Å². The molecular formula is C29H33N4O6P. The van der Waals surface area contributed by atoms with Crippen molar-refractivity contribution >= 4 is 46.9 Å². The molecule has 210 valence electrons. The Labute approximate surface area is 233 Å². The van der Waals surface area contributed by atoms with E-state index in [0.29, 0.717) is 46.6 Å². The van der Waals surface area contributed by atoms with Crippen molar-refractivity contribution < 1.29 is 28.1 Å². The summed E-state index contributed by atoms with van der Waals surface area (Å²) < 4.78 is 35.4. The highest BCUT2D eigenvalue weighted by Crippen LogP contribution is 2.44. The summed E-state index contributed by atoms with van der Waals surface area (Å²) in [7, 11) is -1.51. The average molecular weight is 565 g/mol. The Morgan fingerprint density at radius 2 is 1.75 bits per heavy atom. The van der Waals surface area contributed by atoms with Crippen LogP contribution in [0.3, 0.4) is 0 Å². The summed E-state index contributed by atoms with van der Waals surface area (Å²) >= 11 is 0. The molecule has 4 rings (SSSR count). The topological polar surface area (TPSA) is 121 Å². The second-order valence-electron chi connectivity index (χ2n) is 9.88. The predicted molar refractivity (Wildman–Crippen MR) is 157 cm³/mol. The molecule has 3 aromatic carbocycles. The van der Waals surface area contributed by atoms with Gasteiger partial charge in [-0.15, -0.1) is 0 Å². The van der Waals surface area contributed by atoms with Crippen molar-refractivity contribution in [2.45, 2.75) is 33.3 Å². The number of amides is 1. The van der Waals surface area contributed by atoms with Crippen molar-refractivity contribution in [2.75, 3.05) is 31.0 Å². The Bertz CT molecular complexity index is 1570. The lowest BCUT2D eigenvalue weighted by molar-refractivity contribution is 0.0636. The molecule has 0 aliphatic carbocycles. The molecule has 0 radical (unpaired) electrons. The van der Waals surface area contributed by atoms with Crippen LogP contribution in [0.1, 0.15) is 27.7 Å². The van der Waals surface area contributed by atoms with Crippen molar-refractivity contribution in [2.24, 2.45) is 0 Å². The van der Waals surface area contributed by atoms with Gasteiger partial charge in [0.25, 0.3) is 0 Å². The van der Waals surface area contributed by atoms with Gasteiger partial charge in [-0.05, 0) is 52.0 Å². The van der Waals surface area contributed by atoms with Crippen LogP contribution in [0.15, 0.2) is 66.9 Å². The molecule has 0 spiro atoms. The van der Waals surface area contributed by atoms with Gasteiger partial charge in [-0.1, -0.05) is 24.3 Å². The minimum Gasteiger partial charge on any atom is -0.496 e. The summed E-state index contributed by atoms with van der Waals surface area (Å²) in [5.41, 5.74) is 0.619. The molecular weight excluding hydrogens is 531 g/mol. The Kier molecular flexibility index (Phi) is 8.61. The molecule has 0 saturated heterocycles. The number of hydrogen-bond acceptors (Lipinski definition) is 9. The molecule has 10 nitrogen and oxygen atoms in total. The predicted octanol–water partition coefficient (Wildman–Crippen LogP) is 7.09. The van der Waals surface area contributed by atoms with Gasteiger partial charge >= 0.3 is 6.09 Å². The van der Waals surface area contributed by atoms with Gasteiger partial charge in [-0.25, -0.2) is 9.78 Å². The maximum Gasteiger partial charge on any atom is 0.412 e. The number of nitrogens with zero attached hydrogens (tertiary/aromatic N) is 2. The summed E-state index contributed by atoms with van der Waals surface area (Å²) in [5, 5.41) is 8.00. The van der Waals surface area contributed by atoms with Gasteiger partial charge in [0.1, 0.15) is 17.1 Å². The van der Waals surface area contributed by atoms with E-state index >= 15 is 0 Å². The lowest BCUT2D eigenvalue weighted by Gasteiger charge is -2.20. The quantitative estimate of drug-likeness (QED) is 0.205. The number of fused-ring (bicyclic) bond motifs is 1. The van der Waals surface area contributed by atoms with Crippen LogP contribution in [0.25, 0.3) is 10.8 Å². The third-order valence-electron chi connectivity index (χ3n) is 5.61. The first-order chi connectivity index (χ1) is 19.0.